The van der Waals surface area contributed by atoms with E-state index >= 15 is 0 Å². The first-order chi connectivity index (χ1) is 13.9. The van der Waals surface area contributed by atoms with Gasteiger partial charge in [-0.05, 0) is 37.1 Å². The van der Waals surface area contributed by atoms with Crippen LogP contribution in [0.1, 0.15) is 29.8 Å². The first-order valence-corrected chi connectivity index (χ1v) is 10.7. The summed E-state index contributed by atoms with van der Waals surface area (Å²) in [6.07, 6.45) is 2.63. The minimum absolute atomic E-state index is 0.00279. The Kier molecular flexibility index (Phi) is 6.49. The second kappa shape index (κ2) is 9.05. The van der Waals surface area contributed by atoms with E-state index < -0.39 is 20.9 Å². The molecule has 1 saturated heterocycles. The van der Waals surface area contributed by atoms with Crippen molar-refractivity contribution in [2.24, 2.45) is 0 Å². The number of furan rings is 1. The van der Waals surface area contributed by atoms with Gasteiger partial charge in [-0.3, -0.25) is 14.9 Å². The predicted octanol–water partition coefficient (Wildman–Crippen LogP) is 2.20. The van der Waals surface area contributed by atoms with Crippen molar-refractivity contribution in [2.45, 2.75) is 24.4 Å². The first-order valence-electron chi connectivity index (χ1n) is 9.24. The molecule has 0 aliphatic carbocycles. The maximum atomic E-state index is 12.6. The number of piperidine rings is 1. The van der Waals surface area contributed by atoms with Gasteiger partial charge >= 0.3 is 0 Å². The number of carbonyl (C=O) groups is 1. The van der Waals surface area contributed by atoms with Crippen LogP contribution >= 0.6 is 0 Å². The summed E-state index contributed by atoms with van der Waals surface area (Å²) in [6, 6.07) is 8.56. The smallest absolute Gasteiger partial charge is 0.287 e. The second-order valence-electron chi connectivity index (χ2n) is 6.57. The van der Waals surface area contributed by atoms with Crippen LogP contribution < -0.4 is 10.6 Å². The maximum Gasteiger partial charge on any atom is 0.287 e. The lowest BCUT2D eigenvalue weighted by atomic mass is 10.2. The van der Waals surface area contributed by atoms with Gasteiger partial charge in [0.2, 0.25) is 5.09 Å². The SMILES string of the molecule is O=C(NCCNc1ccc([N+](=O)[O-])cc1)c1ccc(S(=O)(=O)N2CCCCC2)o1. The van der Waals surface area contributed by atoms with Crippen molar-refractivity contribution in [3.05, 3.63) is 52.3 Å². The molecule has 0 spiro atoms. The summed E-state index contributed by atoms with van der Waals surface area (Å²) in [6.45, 7) is 1.55. The van der Waals surface area contributed by atoms with Crippen molar-refractivity contribution in [1.82, 2.24) is 9.62 Å². The zero-order valence-corrected chi connectivity index (χ0v) is 16.5. The van der Waals surface area contributed by atoms with E-state index in [4.69, 9.17) is 4.42 Å². The molecule has 2 aromatic rings. The van der Waals surface area contributed by atoms with E-state index in [1.165, 1.54) is 28.6 Å². The molecule has 1 amide bonds. The minimum Gasteiger partial charge on any atom is -0.438 e. The van der Waals surface area contributed by atoms with Gasteiger partial charge < -0.3 is 15.1 Å². The van der Waals surface area contributed by atoms with E-state index in [1.54, 1.807) is 12.1 Å². The fourth-order valence-electron chi connectivity index (χ4n) is 2.98. The van der Waals surface area contributed by atoms with Crippen LogP contribution in [-0.4, -0.2) is 49.7 Å². The van der Waals surface area contributed by atoms with Crippen LogP contribution in [0.3, 0.4) is 0 Å². The Morgan fingerprint density at radius 1 is 1.07 bits per heavy atom. The van der Waals surface area contributed by atoms with Crippen molar-refractivity contribution in [1.29, 1.82) is 0 Å². The molecular weight excluding hydrogens is 400 g/mol. The van der Waals surface area contributed by atoms with E-state index in [-0.39, 0.29) is 23.1 Å². The number of nitrogens with zero attached hydrogens (tertiary/aromatic N) is 2. The van der Waals surface area contributed by atoms with E-state index in [0.29, 0.717) is 25.3 Å². The highest BCUT2D eigenvalue weighted by Crippen LogP contribution is 2.22. The molecule has 2 N–H and O–H groups in total. The number of amides is 1. The molecule has 0 unspecified atom stereocenters. The van der Waals surface area contributed by atoms with Gasteiger partial charge in [0.1, 0.15) is 0 Å². The van der Waals surface area contributed by atoms with Crippen molar-refractivity contribution in [3.63, 3.8) is 0 Å². The Hall–Kier alpha value is -2.92. The standard InChI is InChI=1S/C18H22N4O6S/c23-18(20-11-10-19-14-4-6-15(7-5-14)22(24)25)16-8-9-17(28-16)29(26,27)21-12-2-1-3-13-21/h4-9,19H,1-3,10-13H2,(H,20,23). The molecule has 0 saturated carbocycles. The Labute approximate surface area is 168 Å². The van der Waals surface area contributed by atoms with Gasteiger partial charge in [0.05, 0.1) is 4.92 Å². The summed E-state index contributed by atoms with van der Waals surface area (Å²) in [7, 11) is -3.72. The highest BCUT2D eigenvalue weighted by molar-refractivity contribution is 7.89. The third-order valence-corrected chi connectivity index (χ3v) is 6.31. The molecule has 10 nitrogen and oxygen atoms in total. The lowest BCUT2D eigenvalue weighted by Crippen LogP contribution is -2.35. The first kappa shape index (κ1) is 20.8. The number of benzene rings is 1. The summed E-state index contributed by atoms with van der Waals surface area (Å²) < 4.78 is 31.8. The quantitative estimate of drug-likeness (QED) is 0.378. The van der Waals surface area contributed by atoms with Crippen LogP contribution in [0.15, 0.2) is 45.9 Å². The Morgan fingerprint density at radius 2 is 1.76 bits per heavy atom. The van der Waals surface area contributed by atoms with Crippen LogP contribution in [0, 0.1) is 10.1 Å². The summed E-state index contributed by atoms with van der Waals surface area (Å²) in [4.78, 5) is 22.3. The molecular formula is C18H22N4O6S. The van der Waals surface area contributed by atoms with Gasteiger partial charge in [0, 0.05) is 44.0 Å². The van der Waals surface area contributed by atoms with Gasteiger partial charge in [-0.25, -0.2) is 8.42 Å². The topological polar surface area (TPSA) is 135 Å². The van der Waals surface area contributed by atoms with Crippen molar-refractivity contribution in [2.75, 3.05) is 31.5 Å². The van der Waals surface area contributed by atoms with Gasteiger partial charge in [-0.2, -0.15) is 4.31 Å². The Bertz CT molecular complexity index is 964. The minimum atomic E-state index is -3.72. The summed E-state index contributed by atoms with van der Waals surface area (Å²) in [5.74, 6) is -0.591. The van der Waals surface area contributed by atoms with Gasteiger partial charge in [-0.15, -0.1) is 0 Å². The number of hydrogen-bond acceptors (Lipinski definition) is 7. The number of hydrogen-bond donors (Lipinski definition) is 2. The second-order valence-corrected chi connectivity index (χ2v) is 8.44. The molecule has 2 heterocycles. The molecule has 0 bridgehead atoms. The largest absolute Gasteiger partial charge is 0.438 e. The van der Waals surface area contributed by atoms with Gasteiger partial charge in [0.25, 0.3) is 21.6 Å². The molecule has 0 radical (unpaired) electrons. The fraction of sp³-hybridized carbons (Fsp3) is 0.389. The number of carbonyl (C=O) groups excluding carboxylic acids is 1. The molecule has 3 rings (SSSR count). The number of sulfonamides is 1. The summed E-state index contributed by atoms with van der Waals surface area (Å²) >= 11 is 0. The predicted molar refractivity (Wildman–Crippen MR) is 105 cm³/mol. The number of non-ortho nitro benzene ring substituents is 1. The van der Waals surface area contributed by atoms with Crippen molar-refractivity contribution >= 4 is 27.3 Å². The number of nitrogens with one attached hydrogen (secondary N) is 2. The van der Waals surface area contributed by atoms with Crippen LogP contribution in [0.4, 0.5) is 11.4 Å². The molecule has 0 atom stereocenters. The van der Waals surface area contributed by atoms with E-state index in [2.05, 4.69) is 10.6 Å². The lowest BCUT2D eigenvalue weighted by molar-refractivity contribution is -0.384. The van der Waals surface area contributed by atoms with Crippen LogP contribution in [-0.2, 0) is 10.0 Å². The van der Waals surface area contributed by atoms with Crippen molar-refractivity contribution in [3.8, 4) is 0 Å². The number of rotatable bonds is 8. The maximum absolute atomic E-state index is 12.6. The molecule has 29 heavy (non-hydrogen) atoms. The lowest BCUT2D eigenvalue weighted by Gasteiger charge is -2.24. The highest BCUT2D eigenvalue weighted by atomic mass is 32.2. The number of nitro benzene ring substituents is 1. The average Bonchev–Trinajstić information content (AvgIpc) is 3.23. The average molecular weight is 422 g/mol. The Morgan fingerprint density at radius 3 is 2.41 bits per heavy atom. The number of nitro groups is 1. The van der Waals surface area contributed by atoms with Crippen LogP contribution in [0.2, 0.25) is 0 Å². The zero-order valence-electron chi connectivity index (χ0n) is 15.7. The van der Waals surface area contributed by atoms with E-state index in [9.17, 15) is 23.3 Å². The van der Waals surface area contributed by atoms with Gasteiger partial charge in [-0.1, -0.05) is 6.42 Å². The highest BCUT2D eigenvalue weighted by Gasteiger charge is 2.29. The third kappa shape index (κ3) is 5.12. The molecule has 1 aliphatic rings. The van der Waals surface area contributed by atoms with Crippen LogP contribution in [0.5, 0.6) is 0 Å². The third-order valence-electron chi connectivity index (χ3n) is 4.53. The van der Waals surface area contributed by atoms with E-state index in [0.717, 1.165) is 19.3 Å². The summed E-state index contributed by atoms with van der Waals surface area (Å²) in [5, 5.41) is 16.0. The molecule has 11 heteroatoms. The molecule has 1 fully saturated rings. The normalized spacial score (nSPS) is 15.0. The van der Waals surface area contributed by atoms with E-state index in [1.807, 2.05) is 0 Å². The molecule has 1 aromatic carbocycles. The molecule has 1 aliphatic heterocycles. The summed E-state index contributed by atoms with van der Waals surface area (Å²) in [5.41, 5.74) is 0.676. The number of anilines is 1. The fourth-order valence-corrected chi connectivity index (χ4v) is 4.41. The zero-order chi connectivity index (χ0) is 20.9. The molecule has 156 valence electrons. The van der Waals surface area contributed by atoms with Crippen LogP contribution in [0.25, 0.3) is 0 Å². The monoisotopic (exact) mass is 422 g/mol. The Balaban J connectivity index is 1.49. The van der Waals surface area contributed by atoms with Crippen molar-refractivity contribution < 1.29 is 22.6 Å². The van der Waals surface area contributed by atoms with Gasteiger partial charge in [0.15, 0.2) is 5.76 Å². The molecule has 1 aromatic heterocycles.